The normalized spacial score (nSPS) is 21.2. The lowest BCUT2D eigenvalue weighted by molar-refractivity contribution is 0.177. The van der Waals surface area contributed by atoms with E-state index >= 15 is 0 Å². The molecule has 0 spiro atoms. The first-order valence-electron chi connectivity index (χ1n) is 7.76. The first-order valence-corrected chi connectivity index (χ1v) is 8.52. The Kier molecular flexibility index (Phi) is 3.92. The first kappa shape index (κ1) is 16.4. The molecular weight excluding hydrogens is 370 g/mol. The molecule has 2 atom stereocenters. The number of carbonyl (C=O) groups excluding carboxylic acids is 1. The number of hydrogen-bond donors (Lipinski definition) is 2. The van der Waals surface area contributed by atoms with Crippen molar-refractivity contribution < 1.29 is 9.18 Å². The van der Waals surface area contributed by atoms with Gasteiger partial charge in [0.15, 0.2) is 0 Å². The molecule has 2 aromatic rings. The molecule has 1 aromatic heterocycles. The van der Waals surface area contributed by atoms with Crippen LogP contribution in [0.4, 0.5) is 14.9 Å². The van der Waals surface area contributed by atoms with E-state index in [1.54, 1.807) is 4.90 Å². The van der Waals surface area contributed by atoms with E-state index in [-0.39, 0.29) is 33.4 Å². The summed E-state index contributed by atoms with van der Waals surface area (Å²) in [6, 6.07) is 3.16. The second-order valence-electron chi connectivity index (χ2n) is 6.18. The number of carbonyl (C=O) groups is 1. The fourth-order valence-electron chi connectivity index (χ4n) is 3.61. The number of anilines is 1. The second-order valence-corrected chi connectivity index (χ2v) is 6.99. The molecular formula is C16H13Cl2FN4O2. The zero-order valence-corrected chi connectivity index (χ0v) is 14.4. The van der Waals surface area contributed by atoms with E-state index in [9.17, 15) is 14.0 Å². The smallest absolute Gasteiger partial charge is 0.313 e. The minimum atomic E-state index is -0.657. The predicted octanol–water partition coefficient (Wildman–Crippen LogP) is 3.51. The van der Waals surface area contributed by atoms with Gasteiger partial charge in [-0.1, -0.05) is 23.2 Å². The molecule has 2 aliphatic rings. The van der Waals surface area contributed by atoms with Crippen LogP contribution < -0.4 is 10.9 Å². The van der Waals surface area contributed by atoms with Gasteiger partial charge in [0.25, 0.3) is 5.56 Å². The molecule has 9 heteroatoms. The Hall–Kier alpha value is -2.12. The summed E-state index contributed by atoms with van der Waals surface area (Å²) >= 11 is 11.7. The van der Waals surface area contributed by atoms with Gasteiger partial charge in [-0.15, -0.1) is 0 Å². The molecule has 25 heavy (non-hydrogen) atoms. The lowest BCUT2D eigenvalue weighted by atomic mass is 9.99. The number of aromatic amines is 1. The van der Waals surface area contributed by atoms with Crippen molar-refractivity contribution in [1.82, 2.24) is 15.1 Å². The molecule has 2 N–H and O–H groups in total. The molecule has 130 valence electrons. The molecule has 0 radical (unpaired) electrons. The third-order valence-corrected chi connectivity index (χ3v) is 5.40. The van der Waals surface area contributed by atoms with Crippen molar-refractivity contribution in [3.05, 3.63) is 55.7 Å². The van der Waals surface area contributed by atoms with Crippen molar-refractivity contribution in [2.24, 2.45) is 0 Å². The van der Waals surface area contributed by atoms with Gasteiger partial charge in [0, 0.05) is 12.1 Å². The van der Waals surface area contributed by atoms with E-state index in [1.807, 2.05) is 0 Å². The SMILES string of the molecule is O=C(Nc1cc(Cl)c(Cl)cc1F)N1[C@@H]2CC[C@H]1c1n[nH]c(=O)cc1C2. The number of hydrogen-bond acceptors (Lipinski definition) is 3. The van der Waals surface area contributed by atoms with E-state index in [4.69, 9.17) is 23.2 Å². The Balaban J connectivity index is 1.63. The third-order valence-electron chi connectivity index (χ3n) is 4.68. The quantitative estimate of drug-likeness (QED) is 0.740. The van der Waals surface area contributed by atoms with Gasteiger partial charge in [0.05, 0.1) is 27.5 Å². The van der Waals surface area contributed by atoms with Crippen molar-refractivity contribution in [2.75, 3.05) is 5.32 Å². The van der Waals surface area contributed by atoms with Gasteiger partial charge >= 0.3 is 6.03 Å². The van der Waals surface area contributed by atoms with E-state index < -0.39 is 11.8 Å². The molecule has 1 fully saturated rings. The molecule has 0 unspecified atom stereocenters. The summed E-state index contributed by atoms with van der Waals surface area (Å²) in [7, 11) is 0. The van der Waals surface area contributed by atoms with Crippen molar-refractivity contribution in [3.63, 3.8) is 0 Å². The molecule has 4 rings (SSSR count). The van der Waals surface area contributed by atoms with Crippen LogP contribution in [0.2, 0.25) is 10.0 Å². The van der Waals surface area contributed by atoms with Crippen LogP contribution in [-0.4, -0.2) is 27.2 Å². The van der Waals surface area contributed by atoms with Crippen molar-refractivity contribution in [3.8, 4) is 0 Å². The topological polar surface area (TPSA) is 78.1 Å². The summed E-state index contributed by atoms with van der Waals surface area (Å²) in [4.78, 5) is 25.8. The molecule has 2 bridgehead atoms. The van der Waals surface area contributed by atoms with Gasteiger partial charge in [0.2, 0.25) is 0 Å². The standard InChI is InChI=1S/C16H13Cl2FN4O2/c17-9-5-11(19)12(6-10(9)18)20-16(25)23-8-1-2-13(23)15-7(3-8)4-14(24)21-22-15/h4-6,8,13H,1-3H2,(H,20,25)(H,21,24)/t8-,13+/m1/s1. The van der Waals surface area contributed by atoms with E-state index in [1.165, 1.54) is 12.1 Å². The number of urea groups is 1. The van der Waals surface area contributed by atoms with Crippen LogP contribution in [0.1, 0.15) is 30.1 Å². The number of halogens is 3. The largest absolute Gasteiger partial charge is 0.322 e. The van der Waals surface area contributed by atoms with Gasteiger partial charge in [-0.05, 0) is 37.0 Å². The molecule has 0 saturated carbocycles. The predicted molar refractivity (Wildman–Crippen MR) is 91.6 cm³/mol. The monoisotopic (exact) mass is 382 g/mol. The highest BCUT2D eigenvalue weighted by molar-refractivity contribution is 6.42. The van der Waals surface area contributed by atoms with Gasteiger partial charge in [-0.2, -0.15) is 5.10 Å². The highest BCUT2D eigenvalue weighted by atomic mass is 35.5. The van der Waals surface area contributed by atoms with Gasteiger partial charge in [-0.3, -0.25) is 4.79 Å². The maximum atomic E-state index is 14.0. The molecule has 2 amide bonds. The van der Waals surface area contributed by atoms with Gasteiger partial charge < -0.3 is 10.2 Å². The Morgan fingerprint density at radius 2 is 2.04 bits per heavy atom. The fraction of sp³-hybridized carbons (Fsp3) is 0.312. The van der Waals surface area contributed by atoms with Crippen LogP contribution in [0.5, 0.6) is 0 Å². The zero-order valence-electron chi connectivity index (χ0n) is 12.9. The summed E-state index contributed by atoms with van der Waals surface area (Å²) in [6.45, 7) is 0. The number of fused-ring (bicyclic) bond motifs is 4. The number of benzene rings is 1. The second kappa shape index (κ2) is 6.00. The maximum absolute atomic E-state index is 14.0. The number of rotatable bonds is 1. The Morgan fingerprint density at radius 1 is 1.28 bits per heavy atom. The molecule has 0 aliphatic carbocycles. The zero-order chi connectivity index (χ0) is 17.7. The first-order chi connectivity index (χ1) is 11.9. The fourth-order valence-corrected chi connectivity index (χ4v) is 3.93. The van der Waals surface area contributed by atoms with Crippen LogP contribution >= 0.6 is 23.2 Å². The summed E-state index contributed by atoms with van der Waals surface area (Å²) in [5.41, 5.74) is 1.27. The van der Waals surface area contributed by atoms with Crippen molar-refractivity contribution in [1.29, 1.82) is 0 Å². The number of aromatic nitrogens is 2. The molecule has 1 aromatic carbocycles. The van der Waals surface area contributed by atoms with Crippen LogP contribution in [0.3, 0.4) is 0 Å². The van der Waals surface area contributed by atoms with E-state index in [0.29, 0.717) is 12.1 Å². The average Bonchev–Trinajstić information content (AvgIpc) is 2.88. The minimum Gasteiger partial charge on any atom is -0.313 e. The Morgan fingerprint density at radius 3 is 2.84 bits per heavy atom. The van der Waals surface area contributed by atoms with Gasteiger partial charge in [-0.25, -0.2) is 14.3 Å². The average molecular weight is 383 g/mol. The summed E-state index contributed by atoms with van der Waals surface area (Å²) < 4.78 is 14.0. The number of amides is 2. The minimum absolute atomic E-state index is 0.0287. The lowest BCUT2D eigenvalue weighted by Crippen LogP contribution is -2.45. The molecule has 6 nitrogen and oxygen atoms in total. The highest BCUT2D eigenvalue weighted by Crippen LogP contribution is 2.42. The Bertz CT molecular complexity index is 933. The van der Waals surface area contributed by atoms with Crippen LogP contribution in [0.25, 0.3) is 0 Å². The number of H-pyrrole nitrogens is 1. The summed E-state index contributed by atoms with van der Waals surface area (Å²) in [6.07, 6.45) is 2.10. The molecule has 3 heterocycles. The highest BCUT2D eigenvalue weighted by Gasteiger charge is 2.44. The van der Waals surface area contributed by atoms with E-state index in [2.05, 4.69) is 15.5 Å². The van der Waals surface area contributed by atoms with Gasteiger partial charge in [0.1, 0.15) is 5.82 Å². The lowest BCUT2D eigenvalue weighted by Gasteiger charge is -2.35. The van der Waals surface area contributed by atoms with Crippen molar-refractivity contribution >= 4 is 34.9 Å². The summed E-state index contributed by atoms with van der Waals surface area (Å²) in [5, 5.41) is 9.33. The van der Waals surface area contributed by atoms with Crippen LogP contribution in [0.15, 0.2) is 23.0 Å². The Labute approximate surface area is 151 Å². The van der Waals surface area contributed by atoms with E-state index in [0.717, 1.165) is 24.5 Å². The maximum Gasteiger partial charge on any atom is 0.322 e. The van der Waals surface area contributed by atoms with Crippen LogP contribution in [-0.2, 0) is 6.42 Å². The number of nitrogens with zero attached hydrogens (tertiary/aromatic N) is 2. The number of nitrogens with one attached hydrogen (secondary N) is 2. The third kappa shape index (κ3) is 2.77. The molecule has 1 saturated heterocycles. The summed E-state index contributed by atoms with van der Waals surface area (Å²) in [5.74, 6) is -0.657. The van der Waals surface area contributed by atoms with Crippen LogP contribution in [0, 0.1) is 5.82 Å². The van der Waals surface area contributed by atoms with Crippen molar-refractivity contribution in [2.45, 2.75) is 31.3 Å². The molecule has 2 aliphatic heterocycles.